The molecule has 7 nitrogen and oxygen atoms in total. The number of carbonyl (C=O) groups is 1. The molecule has 1 aromatic carbocycles. The highest BCUT2D eigenvalue weighted by Crippen LogP contribution is 2.40. The van der Waals surface area contributed by atoms with Gasteiger partial charge in [-0.15, -0.1) is 0 Å². The van der Waals surface area contributed by atoms with Crippen LogP contribution in [-0.2, 0) is 6.54 Å². The van der Waals surface area contributed by atoms with E-state index in [0.29, 0.717) is 28.6 Å². The van der Waals surface area contributed by atoms with Crippen LogP contribution in [0.3, 0.4) is 0 Å². The van der Waals surface area contributed by atoms with Crippen LogP contribution in [0.5, 0.6) is 5.75 Å². The fourth-order valence-corrected chi connectivity index (χ4v) is 3.15. The lowest BCUT2D eigenvalue weighted by Gasteiger charge is -2.13. The molecule has 0 unspecified atom stereocenters. The average molecular weight is 379 g/mol. The Balaban J connectivity index is 1.59. The van der Waals surface area contributed by atoms with Gasteiger partial charge in [0.25, 0.3) is 11.5 Å². The molecule has 3 aromatic rings. The van der Waals surface area contributed by atoms with Crippen molar-refractivity contribution in [1.29, 1.82) is 0 Å². The van der Waals surface area contributed by atoms with Crippen LogP contribution < -0.4 is 15.6 Å². The Labute approximate surface area is 161 Å². The predicted octanol–water partition coefficient (Wildman–Crippen LogP) is 2.95. The van der Waals surface area contributed by atoms with Gasteiger partial charge in [-0.2, -0.15) is 0 Å². The molecule has 1 fully saturated rings. The van der Waals surface area contributed by atoms with Crippen molar-refractivity contribution in [1.82, 2.24) is 15.0 Å². The molecule has 0 spiro atoms. The third-order valence-electron chi connectivity index (χ3n) is 4.86. The van der Waals surface area contributed by atoms with Crippen LogP contribution in [0.15, 0.2) is 51.9 Å². The largest absolute Gasteiger partial charge is 0.495 e. The molecule has 0 saturated heterocycles. The monoisotopic (exact) mass is 379 g/mol. The van der Waals surface area contributed by atoms with Gasteiger partial charge in [-0.1, -0.05) is 17.3 Å². The van der Waals surface area contributed by atoms with Crippen LogP contribution in [0.2, 0.25) is 0 Å². The van der Waals surface area contributed by atoms with Crippen LogP contribution in [0.4, 0.5) is 0 Å². The Hall–Kier alpha value is -3.35. The third-order valence-corrected chi connectivity index (χ3v) is 4.86. The van der Waals surface area contributed by atoms with E-state index in [1.54, 1.807) is 38.4 Å². The number of nitrogens with zero attached hydrogens (tertiary/aromatic N) is 2. The summed E-state index contributed by atoms with van der Waals surface area (Å²) >= 11 is 0. The Morgan fingerprint density at radius 2 is 2.11 bits per heavy atom. The number of para-hydroxylation sites is 2. The van der Waals surface area contributed by atoms with Crippen molar-refractivity contribution in [2.24, 2.45) is 0 Å². The number of pyridine rings is 1. The van der Waals surface area contributed by atoms with Crippen molar-refractivity contribution < 1.29 is 14.1 Å². The number of nitrogens with one attached hydrogen (secondary N) is 1. The summed E-state index contributed by atoms with van der Waals surface area (Å²) in [4.78, 5) is 25.8. The van der Waals surface area contributed by atoms with Gasteiger partial charge < -0.3 is 14.6 Å². The van der Waals surface area contributed by atoms with Gasteiger partial charge in [-0.05, 0) is 43.5 Å². The maximum atomic E-state index is 13.0. The first-order valence-corrected chi connectivity index (χ1v) is 9.18. The van der Waals surface area contributed by atoms with Crippen LogP contribution in [-0.4, -0.2) is 22.7 Å². The van der Waals surface area contributed by atoms with Crippen molar-refractivity contribution in [3.63, 3.8) is 0 Å². The van der Waals surface area contributed by atoms with Gasteiger partial charge in [-0.3, -0.25) is 14.2 Å². The number of hydrogen-bond donors (Lipinski definition) is 1. The van der Waals surface area contributed by atoms with Crippen molar-refractivity contribution in [3.05, 3.63) is 75.5 Å². The van der Waals surface area contributed by atoms with Gasteiger partial charge in [0.05, 0.1) is 19.3 Å². The zero-order valence-corrected chi connectivity index (χ0v) is 15.8. The highest BCUT2D eigenvalue weighted by molar-refractivity contribution is 5.95. The molecular weight excluding hydrogens is 358 g/mol. The maximum Gasteiger partial charge on any atom is 0.268 e. The number of aryl methyl sites for hydroxylation is 1. The summed E-state index contributed by atoms with van der Waals surface area (Å²) in [5, 5.41) is 6.76. The number of benzene rings is 1. The number of rotatable bonds is 6. The molecule has 0 atom stereocenters. The standard InChI is InChI=1S/C21H21N3O4/c1-13-9-10-24(16-5-3-4-6-17(16)27-2)21(26)19(13)20(25)22-12-15-11-18(28-23-15)14-7-8-14/h3-6,9-11,14H,7-8,12H2,1-2H3,(H,22,25). The molecule has 28 heavy (non-hydrogen) atoms. The molecule has 0 aliphatic heterocycles. The number of carbonyl (C=O) groups excluding carboxylic acids is 1. The van der Waals surface area contributed by atoms with E-state index in [2.05, 4.69) is 10.5 Å². The summed E-state index contributed by atoms with van der Waals surface area (Å²) in [6, 6.07) is 10.8. The van der Waals surface area contributed by atoms with E-state index in [0.717, 1.165) is 18.6 Å². The van der Waals surface area contributed by atoms with Crippen LogP contribution in [0, 0.1) is 6.92 Å². The highest BCUT2D eigenvalue weighted by atomic mass is 16.5. The topological polar surface area (TPSA) is 86.4 Å². The molecule has 4 rings (SSSR count). The normalized spacial score (nSPS) is 13.4. The van der Waals surface area contributed by atoms with Gasteiger partial charge in [-0.25, -0.2) is 0 Å². The fourth-order valence-electron chi connectivity index (χ4n) is 3.15. The quantitative estimate of drug-likeness (QED) is 0.712. The fraction of sp³-hybridized carbons (Fsp3) is 0.286. The molecule has 2 heterocycles. The lowest BCUT2D eigenvalue weighted by atomic mass is 10.1. The highest BCUT2D eigenvalue weighted by Gasteiger charge is 2.28. The van der Waals surface area contributed by atoms with Gasteiger partial charge in [0.2, 0.25) is 0 Å². The van der Waals surface area contributed by atoms with Crippen LogP contribution in [0.1, 0.15) is 46.1 Å². The number of hydrogen-bond acceptors (Lipinski definition) is 5. The summed E-state index contributed by atoms with van der Waals surface area (Å²) in [5.41, 5.74) is 1.52. The predicted molar refractivity (Wildman–Crippen MR) is 103 cm³/mol. The second kappa shape index (κ2) is 7.34. The Morgan fingerprint density at radius 1 is 1.32 bits per heavy atom. The van der Waals surface area contributed by atoms with E-state index in [9.17, 15) is 9.59 Å². The Bertz CT molecular complexity index is 1080. The third kappa shape index (κ3) is 3.43. The molecule has 1 amide bonds. The zero-order valence-electron chi connectivity index (χ0n) is 15.8. The molecule has 0 bridgehead atoms. The molecule has 1 saturated carbocycles. The molecule has 0 radical (unpaired) electrons. The van der Waals surface area contributed by atoms with Crippen molar-refractivity contribution >= 4 is 5.91 Å². The van der Waals surface area contributed by atoms with Crippen LogP contribution in [0.25, 0.3) is 5.69 Å². The summed E-state index contributed by atoms with van der Waals surface area (Å²) in [7, 11) is 1.54. The summed E-state index contributed by atoms with van der Waals surface area (Å²) < 4.78 is 12.1. The van der Waals surface area contributed by atoms with E-state index in [1.165, 1.54) is 4.57 Å². The minimum atomic E-state index is -0.442. The summed E-state index contributed by atoms with van der Waals surface area (Å²) in [6.07, 6.45) is 3.88. The van der Waals surface area contributed by atoms with Crippen LogP contribution >= 0.6 is 0 Å². The first kappa shape index (κ1) is 18.0. The minimum Gasteiger partial charge on any atom is -0.495 e. The zero-order chi connectivity index (χ0) is 19.7. The maximum absolute atomic E-state index is 13.0. The first-order chi connectivity index (χ1) is 13.6. The molecule has 1 aliphatic rings. The molecule has 1 N–H and O–H groups in total. The molecule has 2 aromatic heterocycles. The minimum absolute atomic E-state index is 0.0966. The van der Waals surface area contributed by atoms with Crippen molar-refractivity contribution in [3.8, 4) is 11.4 Å². The number of methoxy groups -OCH3 is 1. The van der Waals surface area contributed by atoms with E-state index >= 15 is 0 Å². The van der Waals surface area contributed by atoms with E-state index in [-0.39, 0.29) is 12.1 Å². The summed E-state index contributed by atoms with van der Waals surface area (Å²) in [5.74, 6) is 1.43. The lowest BCUT2D eigenvalue weighted by Crippen LogP contribution is -2.33. The van der Waals surface area contributed by atoms with Gasteiger partial charge in [0.15, 0.2) is 0 Å². The SMILES string of the molecule is COc1ccccc1-n1ccc(C)c(C(=O)NCc2cc(C3CC3)on2)c1=O. The van der Waals surface area contributed by atoms with E-state index < -0.39 is 11.5 Å². The summed E-state index contributed by atoms with van der Waals surface area (Å²) in [6.45, 7) is 1.95. The number of aromatic nitrogens is 2. The van der Waals surface area contributed by atoms with Gasteiger partial charge >= 0.3 is 0 Å². The Kier molecular flexibility index (Phi) is 4.73. The van der Waals surface area contributed by atoms with E-state index in [4.69, 9.17) is 9.26 Å². The van der Waals surface area contributed by atoms with Crippen molar-refractivity contribution in [2.45, 2.75) is 32.2 Å². The Morgan fingerprint density at radius 3 is 2.86 bits per heavy atom. The van der Waals surface area contributed by atoms with Crippen molar-refractivity contribution in [2.75, 3.05) is 7.11 Å². The van der Waals surface area contributed by atoms with E-state index in [1.807, 2.05) is 18.2 Å². The molecule has 7 heteroatoms. The molecule has 1 aliphatic carbocycles. The lowest BCUT2D eigenvalue weighted by molar-refractivity contribution is 0.0947. The number of amides is 1. The average Bonchev–Trinajstić information content (AvgIpc) is 3.44. The number of ether oxygens (including phenoxy) is 1. The van der Waals surface area contributed by atoms with Gasteiger partial charge in [0.1, 0.15) is 22.8 Å². The second-order valence-electron chi connectivity index (χ2n) is 6.90. The molecule has 144 valence electrons. The van der Waals surface area contributed by atoms with Gasteiger partial charge in [0, 0.05) is 18.2 Å². The smallest absolute Gasteiger partial charge is 0.268 e. The molecular formula is C21H21N3O4. The first-order valence-electron chi connectivity index (χ1n) is 9.18. The second-order valence-corrected chi connectivity index (χ2v) is 6.90.